The maximum atomic E-state index is 12.9. The Morgan fingerprint density at radius 2 is 1.60 bits per heavy atom. The summed E-state index contributed by atoms with van der Waals surface area (Å²) in [6.07, 6.45) is -5.77. The third-order valence-corrected chi connectivity index (χ3v) is 4.68. The Bertz CT molecular complexity index is 928. The van der Waals surface area contributed by atoms with Crippen molar-refractivity contribution in [2.45, 2.75) is 30.0 Å². The lowest BCUT2D eigenvalue weighted by atomic mass is 10.1. The number of anilines is 1. The molecule has 3 N–H and O–H groups in total. The highest BCUT2D eigenvalue weighted by Gasteiger charge is 2.35. The molecule has 0 heterocycles. The SMILES string of the molecule is Cc1cc(C)cc(C(=O)NC(NC(=S)Nc2cccc(C(F)(F)F)c2)C(Cl)(Cl)Cl)c1. The van der Waals surface area contributed by atoms with Crippen molar-refractivity contribution in [3.05, 3.63) is 64.7 Å². The van der Waals surface area contributed by atoms with Crippen molar-refractivity contribution in [1.29, 1.82) is 0 Å². The van der Waals surface area contributed by atoms with Crippen LogP contribution in [-0.2, 0) is 6.18 Å². The van der Waals surface area contributed by atoms with Gasteiger partial charge in [0.15, 0.2) is 5.11 Å². The fourth-order valence-electron chi connectivity index (χ4n) is 2.59. The molecule has 0 aliphatic rings. The van der Waals surface area contributed by atoms with Crippen molar-refractivity contribution in [3.63, 3.8) is 0 Å². The van der Waals surface area contributed by atoms with Crippen LogP contribution in [0, 0.1) is 13.8 Å². The van der Waals surface area contributed by atoms with E-state index < -0.39 is 27.6 Å². The second-order valence-electron chi connectivity index (χ2n) is 6.50. The minimum absolute atomic E-state index is 0.0750. The van der Waals surface area contributed by atoms with Crippen molar-refractivity contribution in [1.82, 2.24) is 10.6 Å². The summed E-state index contributed by atoms with van der Waals surface area (Å²) in [4.78, 5) is 12.6. The molecule has 2 aromatic carbocycles. The number of benzene rings is 2. The maximum Gasteiger partial charge on any atom is 0.416 e. The molecule has 1 atom stereocenters. The number of thiocarbonyl (C=S) groups is 1. The van der Waals surface area contributed by atoms with E-state index in [-0.39, 0.29) is 10.8 Å². The Labute approximate surface area is 192 Å². The first-order valence-corrected chi connectivity index (χ1v) is 10.0. The molecular weight excluding hydrogens is 482 g/mol. The second kappa shape index (κ2) is 9.60. The molecule has 162 valence electrons. The van der Waals surface area contributed by atoms with Crippen LogP contribution in [0.4, 0.5) is 18.9 Å². The molecule has 0 bridgehead atoms. The fourth-order valence-corrected chi connectivity index (χ4v) is 3.15. The van der Waals surface area contributed by atoms with E-state index in [1.807, 2.05) is 19.9 Å². The standard InChI is InChI=1S/C19H17Cl3F3N3OS/c1-10-6-11(2)8-12(7-10)15(29)27-16(18(20,21)22)28-17(30)26-14-5-3-4-13(9-14)19(23,24)25/h3-9,16H,1-2H3,(H,27,29)(H2,26,28,30). The van der Waals surface area contributed by atoms with Crippen LogP contribution in [0.3, 0.4) is 0 Å². The van der Waals surface area contributed by atoms with Crippen molar-refractivity contribution in [2.75, 3.05) is 5.32 Å². The average molecular weight is 499 g/mol. The van der Waals surface area contributed by atoms with E-state index >= 15 is 0 Å². The van der Waals surface area contributed by atoms with Crippen molar-refractivity contribution in [2.24, 2.45) is 0 Å². The molecule has 2 aromatic rings. The Kier molecular flexibility index (Phi) is 7.85. The van der Waals surface area contributed by atoms with Crippen LogP contribution in [0.2, 0.25) is 0 Å². The molecule has 2 rings (SSSR count). The van der Waals surface area contributed by atoms with Gasteiger partial charge in [-0.15, -0.1) is 0 Å². The summed E-state index contributed by atoms with van der Waals surface area (Å²) in [7, 11) is 0. The van der Waals surface area contributed by atoms with E-state index in [2.05, 4.69) is 16.0 Å². The van der Waals surface area contributed by atoms with Crippen LogP contribution in [0.25, 0.3) is 0 Å². The molecular formula is C19H17Cl3F3N3OS. The summed E-state index contributed by atoms with van der Waals surface area (Å²) in [5.74, 6) is -0.521. The summed E-state index contributed by atoms with van der Waals surface area (Å²) in [5, 5.41) is 7.57. The number of hydrogen-bond donors (Lipinski definition) is 3. The highest BCUT2D eigenvalue weighted by atomic mass is 35.6. The monoisotopic (exact) mass is 497 g/mol. The van der Waals surface area contributed by atoms with Gasteiger partial charge in [0.1, 0.15) is 6.17 Å². The lowest BCUT2D eigenvalue weighted by Crippen LogP contribution is -2.56. The van der Waals surface area contributed by atoms with Gasteiger partial charge in [0, 0.05) is 11.3 Å². The molecule has 11 heteroatoms. The molecule has 0 aliphatic heterocycles. The highest BCUT2D eigenvalue weighted by molar-refractivity contribution is 7.80. The number of carbonyl (C=O) groups excluding carboxylic acids is 1. The van der Waals surface area contributed by atoms with Gasteiger partial charge in [-0.05, 0) is 56.4 Å². The van der Waals surface area contributed by atoms with Gasteiger partial charge < -0.3 is 16.0 Å². The van der Waals surface area contributed by atoms with Crippen LogP contribution in [0.5, 0.6) is 0 Å². The van der Waals surface area contributed by atoms with E-state index in [0.717, 1.165) is 23.3 Å². The Morgan fingerprint density at radius 1 is 1.00 bits per heavy atom. The van der Waals surface area contributed by atoms with Crippen molar-refractivity contribution in [3.8, 4) is 0 Å². The number of nitrogens with one attached hydrogen (secondary N) is 3. The van der Waals surface area contributed by atoms with Crippen LogP contribution in [0.1, 0.15) is 27.0 Å². The smallest absolute Gasteiger partial charge is 0.339 e. The summed E-state index contributed by atoms with van der Waals surface area (Å²) >= 11 is 22.9. The van der Waals surface area contributed by atoms with Gasteiger partial charge in [-0.1, -0.05) is 58.1 Å². The van der Waals surface area contributed by atoms with Gasteiger partial charge in [0.05, 0.1) is 5.56 Å². The molecule has 4 nitrogen and oxygen atoms in total. The Morgan fingerprint density at radius 3 is 2.13 bits per heavy atom. The molecule has 0 radical (unpaired) electrons. The minimum Gasteiger partial charge on any atom is -0.339 e. The number of rotatable bonds is 4. The topological polar surface area (TPSA) is 53.2 Å². The molecule has 0 saturated heterocycles. The fraction of sp³-hybridized carbons (Fsp3) is 0.263. The van der Waals surface area contributed by atoms with Gasteiger partial charge in [-0.25, -0.2) is 0 Å². The zero-order valence-electron chi connectivity index (χ0n) is 15.7. The van der Waals surface area contributed by atoms with Gasteiger partial charge >= 0.3 is 6.18 Å². The summed E-state index contributed by atoms with van der Waals surface area (Å²) in [6.45, 7) is 3.67. The molecule has 0 fully saturated rings. The molecule has 0 saturated carbocycles. The largest absolute Gasteiger partial charge is 0.416 e. The third-order valence-electron chi connectivity index (χ3n) is 3.81. The first-order valence-electron chi connectivity index (χ1n) is 8.46. The first kappa shape index (κ1) is 24.5. The van der Waals surface area contributed by atoms with Gasteiger partial charge in [-0.3, -0.25) is 4.79 Å². The van der Waals surface area contributed by atoms with Crippen LogP contribution < -0.4 is 16.0 Å². The molecule has 0 spiro atoms. The molecule has 1 unspecified atom stereocenters. The molecule has 30 heavy (non-hydrogen) atoms. The number of aryl methyl sites for hydroxylation is 2. The Hall–Kier alpha value is -1.74. The minimum atomic E-state index is -4.51. The predicted molar refractivity (Wildman–Crippen MR) is 118 cm³/mol. The van der Waals surface area contributed by atoms with Gasteiger partial charge in [0.25, 0.3) is 5.91 Å². The molecule has 1 amide bonds. The number of alkyl halides is 6. The van der Waals surface area contributed by atoms with E-state index in [0.29, 0.717) is 5.56 Å². The van der Waals surface area contributed by atoms with E-state index in [1.54, 1.807) is 12.1 Å². The lowest BCUT2D eigenvalue weighted by Gasteiger charge is -2.28. The second-order valence-corrected chi connectivity index (χ2v) is 9.28. The number of hydrogen-bond acceptors (Lipinski definition) is 2. The van der Waals surface area contributed by atoms with Crippen molar-refractivity contribution < 1.29 is 18.0 Å². The summed E-state index contributed by atoms with van der Waals surface area (Å²) < 4.78 is 36.6. The van der Waals surface area contributed by atoms with Crippen LogP contribution in [-0.4, -0.2) is 21.0 Å². The molecule has 0 aromatic heterocycles. The van der Waals surface area contributed by atoms with E-state index in [9.17, 15) is 18.0 Å². The number of amides is 1. The summed E-state index contributed by atoms with van der Waals surface area (Å²) in [6, 6.07) is 9.65. The quantitative estimate of drug-likeness (QED) is 0.286. The zero-order valence-corrected chi connectivity index (χ0v) is 18.8. The lowest BCUT2D eigenvalue weighted by molar-refractivity contribution is -0.137. The van der Waals surface area contributed by atoms with Gasteiger partial charge in [-0.2, -0.15) is 13.2 Å². The summed E-state index contributed by atoms with van der Waals surface area (Å²) in [5.41, 5.74) is 1.33. The number of carbonyl (C=O) groups is 1. The van der Waals surface area contributed by atoms with Gasteiger partial charge in [0.2, 0.25) is 3.79 Å². The normalized spacial score (nSPS) is 12.8. The highest BCUT2D eigenvalue weighted by Crippen LogP contribution is 2.31. The third kappa shape index (κ3) is 7.19. The van der Waals surface area contributed by atoms with Crippen molar-refractivity contribution >= 4 is 63.7 Å². The van der Waals surface area contributed by atoms with Crippen LogP contribution >= 0.6 is 47.0 Å². The van der Waals surface area contributed by atoms with E-state index in [4.69, 9.17) is 47.0 Å². The Balaban J connectivity index is 2.13. The molecule has 0 aliphatic carbocycles. The van der Waals surface area contributed by atoms with Crippen LogP contribution in [0.15, 0.2) is 42.5 Å². The number of halogens is 6. The predicted octanol–water partition coefficient (Wildman–Crippen LogP) is 5.73. The average Bonchev–Trinajstić information content (AvgIpc) is 2.59. The zero-order chi connectivity index (χ0) is 22.7. The van der Waals surface area contributed by atoms with E-state index in [1.165, 1.54) is 12.1 Å². The maximum absolute atomic E-state index is 12.9. The first-order chi connectivity index (χ1) is 13.8.